The van der Waals surface area contributed by atoms with Gasteiger partial charge in [-0.25, -0.2) is 19.0 Å². The maximum atomic E-state index is 12.9. The predicted molar refractivity (Wildman–Crippen MR) is 126 cm³/mol. The molecule has 0 bridgehead atoms. The number of nitrogens with one attached hydrogen (secondary N) is 1. The Kier molecular flexibility index (Phi) is 7.45. The Morgan fingerprint density at radius 3 is 2.76 bits per heavy atom. The Morgan fingerprint density at radius 1 is 1.27 bits per heavy atom. The normalized spacial score (nSPS) is 12.6. The van der Waals surface area contributed by atoms with E-state index in [1.165, 1.54) is 12.6 Å². The predicted octanol–water partition coefficient (Wildman–Crippen LogP) is 4.51. The average molecular weight is 468 g/mol. The van der Waals surface area contributed by atoms with Gasteiger partial charge < -0.3 is 14.8 Å². The first-order valence-electron chi connectivity index (χ1n) is 10.3. The molecule has 1 N–H and O–H groups in total. The Balaban J connectivity index is 1.88. The van der Waals surface area contributed by atoms with Gasteiger partial charge in [0.15, 0.2) is 0 Å². The number of aromatic nitrogens is 2. The maximum Gasteiger partial charge on any atom is 0.442 e. The molecule has 1 amide bonds. The van der Waals surface area contributed by atoms with Crippen LogP contribution in [0, 0.1) is 11.3 Å². The van der Waals surface area contributed by atoms with E-state index in [2.05, 4.69) is 25.7 Å². The van der Waals surface area contributed by atoms with Gasteiger partial charge in [0.1, 0.15) is 30.6 Å². The van der Waals surface area contributed by atoms with Crippen LogP contribution in [-0.2, 0) is 21.1 Å². The molecule has 1 heterocycles. The number of hydrogen-bond acceptors (Lipinski definition) is 8. The summed E-state index contributed by atoms with van der Waals surface area (Å²) in [5, 5.41) is 13.6. The molecule has 1 atom stereocenters. The molecule has 3 rings (SSSR count). The summed E-state index contributed by atoms with van der Waals surface area (Å²) < 4.78 is 27.2. The third kappa shape index (κ3) is 5.96. The minimum Gasteiger partial charge on any atom is -0.487 e. The zero-order valence-corrected chi connectivity index (χ0v) is 19.7. The van der Waals surface area contributed by atoms with E-state index >= 15 is 0 Å². The van der Waals surface area contributed by atoms with Crippen LogP contribution in [0.1, 0.15) is 31.9 Å². The molecule has 172 valence electrons. The molecule has 0 fully saturated rings. The summed E-state index contributed by atoms with van der Waals surface area (Å²) in [7, 11) is -2.97. The zero-order chi connectivity index (χ0) is 24.0. The standard InChI is InChI=1S/C23H25N5O4S/c1-5-31-23(29)28-33(4,30)18-8-6-7-16(9-18)13-32-21-11-20-19(10-17(21)12-24)22(26-14-25-20)27-15(2)3/h6-11,14-15H,5,13H2,1-4H3,(H,25,26,27). The van der Waals surface area contributed by atoms with Crippen molar-refractivity contribution in [1.82, 2.24) is 9.97 Å². The summed E-state index contributed by atoms with van der Waals surface area (Å²) in [4.78, 5) is 20.6. The lowest BCUT2D eigenvalue weighted by atomic mass is 10.1. The van der Waals surface area contributed by atoms with E-state index in [0.29, 0.717) is 33.1 Å². The molecule has 3 aromatic rings. The van der Waals surface area contributed by atoms with E-state index in [4.69, 9.17) is 9.47 Å². The Labute approximate surface area is 193 Å². The second kappa shape index (κ2) is 10.3. The van der Waals surface area contributed by atoms with Gasteiger partial charge in [0.25, 0.3) is 0 Å². The molecule has 0 saturated carbocycles. The largest absolute Gasteiger partial charge is 0.487 e. The van der Waals surface area contributed by atoms with Crippen molar-refractivity contribution in [3.63, 3.8) is 0 Å². The molecular formula is C23H25N5O4S. The molecule has 0 spiro atoms. The van der Waals surface area contributed by atoms with Crippen molar-refractivity contribution in [2.75, 3.05) is 18.2 Å². The first kappa shape index (κ1) is 23.9. The Morgan fingerprint density at radius 2 is 2.06 bits per heavy atom. The van der Waals surface area contributed by atoms with Crippen molar-refractivity contribution in [3.8, 4) is 11.8 Å². The molecule has 0 aliphatic carbocycles. The van der Waals surface area contributed by atoms with Gasteiger partial charge in [-0.2, -0.15) is 5.26 Å². The number of carbonyl (C=O) groups is 1. The van der Waals surface area contributed by atoms with Crippen LogP contribution in [0.15, 0.2) is 52.0 Å². The average Bonchev–Trinajstić information content (AvgIpc) is 2.77. The van der Waals surface area contributed by atoms with E-state index in [1.54, 1.807) is 43.3 Å². The fourth-order valence-corrected chi connectivity index (χ4v) is 4.20. The van der Waals surface area contributed by atoms with Crippen molar-refractivity contribution >= 4 is 32.5 Å². The summed E-state index contributed by atoms with van der Waals surface area (Å²) in [6, 6.07) is 12.5. The highest BCUT2D eigenvalue weighted by molar-refractivity contribution is 7.93. The molecule has 0 saturated heterocycles. The molecule has 9 nitrogen and oxygen atoms in total. The highest BCUT2D eigenvalue weighted by atomic mass is 32.2. The molecule has 10 heteroatoms. The minimum absolute atomic E-state index is 0.116. The quantitative estimate of drug-likeness (QED) is 0.538. The first-order valence-corrected chi connectivity index (χ1v) is 12.2. The number of carbonyl (C=O) groups excluding carboxylic acids is 1. The van der Waals surface area contributed by atoms with E-state index < -0.39 is 15.8 Å². The van der Waals surface area contributed by atoms with Crippen molar-refractivity contribution in [3.05, 3.63) is 53.9 Å². The molecule has 2 aromatic carbocycles. The Bertz CT molecular complexity index is 1340. The van der Waals surface area contributed by atoms with Crippen LogP contribution in [-0.4, -0.2) is 39.2 Å². The number of benzene rings is 2. The summed E-state index contributed by atoms with van der Waals surface area (Å²) in [5.41, 5.74) is 1.69. The number of nitriles is 1. The van der Waals surface area contributed by atoms with Crippen molar-refractivity contribution in [1.29, 1.82) is 5.26 Å². The van der Waals surface area contributed by atoms with Crippen LogP contribution >= 0.6 is 0 Å². The number of anilines is 1. The van der Waals surface area contributed by atoms with Gasteiger partial charge in [0, 0.05) is 28.6 Å². The van der Waals surface area contributed by atoms with Crippen molar-refractivity contribution < 1.29 is 18.5 Å². The maximum absolute atomic E-state index is 12.9. The van der Waals surface area contributed by atoms with E-state index in [9.17, 15) is 14.3 Å². The lowest BCUT2D eigenvalue weighted by molar-refractivity contribution is 0.164. The first-order chi connectivity index (χ1) is 15.7. The summed E-state index contributed by atoms with van der Waals surface area (Å²) in [6.07, 6.45) is 1.97. The van der Waals surface area contributed by atoms with Crippen LogP contribution in [0.2, 0.25) is 0 Å². The highest BCUT2D eigenvalue weighted by Crippen LogP contribution is 2.29. The van der Waals surface area contributed by atoms with Gasteiger partial charge in [-0.05, 0) is 44.5 Å². The fraction of sp³-hybridized carbons (Fsp3) is 0.304. The van der Waals surface area contributed by atoms with Crippen LogP contribution < -0.4 is 10.1 Å². The molecule has 1 unspecified atom stereocenters. The lowest BCUT2D eigenvalue weighted by Gasteiger charge is -2.13. The van der Waals surface area contributed by atoms with Gasteiger partial charge >= 0.3 is 6.09 Å². The smallest absolute Gasteiger partial charge is 0.442 e. The number of amides is 1. The summed E-state index contributed by atoms with van der Waals surface area (Å²) in [6.45, 7) is 5.92. The minimum atomic E-state index is -2.97. The van der Waals surface area contributed by atoms with E-state index in [-0.39, 0.29) is 19.3 Å². The summed E-state index contributed by atoms with van der Waals surface area (Å²) >= 11 is 0. The topological polar surface area (TPSA) is 127 Å². The number of fused-ring (bicyclic) bond motifs is 1. The Hall–Kier alpha value is -3.71. The third-order valence-electron chi connectivity index (χ3n) is 4.53. The van der Waals surface area contributed by atoms with Gasteiger partial charge in [-0.15, -0.1) is 4.36 Å². The van der Waals surface area contributed by atoms with E-state index in [1.807, 2.05) is 13.8 Å². The zero-order valence-electron chi connectivity index (χ0n) is 18.9. The molecule has 0 aliphatic heterocycles. The van der Waals surface area contributed by atoms with Crippen LogP contribution in [0.4, 0.5) is 10.6 Å². The molecule has 1 aromatic heterocycles. The van der Waals surface area contributed by atoms with Crippen LogP contribution in [0.25, 0.3) is 10.9 Å². The highest BCUT2D eigenvalue weighted by Gasteiger charge is 2.14. The third-order valence-corrected chi connectivity index (χ3v) is 6.16. The monoisotopic (exact) mass is 467 g/mol. The SMILES string of the molecule is CCOC(=O)N=S(C)(=O)c1cccc(COc2cc3ncnc(NC(C)C)c3cc2C#N)c1. The van der Waals surface area contributed by atoms with Crippen LogP contribution in [0.3, 0.4) is 0 Å². The fourth-order valence-electron chi connectivity index (χ4n) is 3.06. The van der Waals surface area contributed by atoms with Crippen molar-refractivity contribution in [2.45, 2.75) is 38.3 Å². The second-order valence-corrected chi connectivity index (χ2v) is 9.79. The van der Waals surface area contributed by atoms with Gasteiger partial charge in [0.05, 0.1) is 27.4 Å². The molecule has 33 heavy (non-hydrogen) atoms. The lowest BCUT2D eigenvalue weighted by Crippen LogP contribution is -2.11. The van der Waals surface area contributed by atoms with Gasteiger partial charge in [-0.3, -0.25) is 0 Å². The molecular weight excluding hydrogens is 442 g/mol. The number of nitrogens with zero attached hydrogens (tertiary/aromatic N) is 4. The number of hydrogen-bond donors (Lipinski definition) is 1. The van der Waals surface area contributed by atoms with E-state index in [0.717, 1.165) is 5.39 Å². The number of ether oxygens (including phenoxy) is 2. The van der Waals surface area contributed by atoms with Crippen molar-refractivity contribution in [2.24, 2.45) is 4.36 Å². The summed E-state index contributed by atoms with van der Waals surface area (Å²) in [5.74, 6) is 1.02. The molecule has 0 radical (unpaired) electrons. The van der Waals surface area contributed by atoms with Gasteiger partial charge in [0.2, 0.25) is 0 Å². The molecule has 0 aliphatic rings. The number of rotatable bonds is 7. The second-order valence-electron chi connectivity index (χ2n) is 7.53. The van der Waals surface area contributed by atoms with Crippen LogP contribution in [0.5, 0.6) is 5.75 Å². The van der Waals surface area contributed by atoms with Gasteiger partial charge in [-0.1, -0.05) is 12.1 Å².